The second-order valence-corrected chi connectivity index (χ2v) is 6.67. The zero-order valence-corrected chi connectivity index (χ0v) is 14.8. The molecule has 3 aromatic rings. The molecule has 25 heavy (non-hydrogen) atoms. The first kappa shape index (κ1) is 17.3. The lowest BCUT2D eigenvalue weighted by molar-refractivity contribution is -0.113. The summed E-state index contributed by atoms with van der Waals surface area (Å²) < 4.78 is 5.31. The van der Waals surface area contributed by atoms with Gasteiger partial charge >= 0.3 is 5.63 Å². The highest BCUT2D eigenvalue weighted by Crippen LogP contribution is 2.23. The van der Waals surface area contributed by atoms with E-state index in [-0.39, 0.29) is 11.5 Å². The van der Waals surface area contributed by atoms with Crippen molar-refractivity contribution in [2.24, 2.45) is 0 Å². The largest absolute Gasteiger partial charge is 0.423 e. The lowest BCUT2D eigenvalue weighted by Crippen LogP contribution is -2.14. The van der Waals surface area contributed by atoms with Crippen LogP contribution in [0.15, 0.2) is 63.8 Å². The van der Waals surface area contributed by atoms with Crippen LogP contribution in [-0.2, 0) is 17.0 Å². The van der Waals surface area contributed by atoms with Gasteiger partial charge in [0.2, 0.25) is 5.91 Å². The van der Waals surface area contributed by atoms with Crippen LogP contribution < -0.4 is 10.9 Å². The fourth-order valence-electron chi connectivity index (χ4n) is 2.59. The smallest absolute Gasteiger partial charge is 0.336 e. The Kier molecular flexibility index (Phi) is 5.56. The van der Waals surface area contributed by atoms with Crippen molar-refractivity contribution in [3.05, 3.63) is 76.1 Å². The summed E-state index contributed by atoms with van der Waals surface area (Å²) in [6, 6.07) is 16.8. The summed E-state index contributed by atoms with van der Waals surface area (Å²) in [5.41, 5.74) is 3.06. The average Bonchev–Trinajstić information content (AvgIpc) is 2.61. The topological polar surface area (TPSA) is 59.3 Å². The van der Waals surface area contributed by atoms with Crippen molar-refractivity contribution in [1.29, 1.82) is 0 Å². The van der Waals surface area contributed by atoms with E-state index in [1.807, 2.05) is 48.5 Å². The molecule has 1 aromatic heterocycles. The molecular weight excluding hydrogens is 334 g/mol. The third-order valence-electron chi connectivity index (χ3n) is 3.85. The summed E-state index contributed by atoms with van der Waals surface area (Å²) in [5, 5.41) is 3.78. The van der Waals surface area contributed by atoms with Crippen LogP contribution in [0.3, 0.4) is 0 Å². The van der Waals surface area contributed by atoms with Crippen LogP contribution >= 0.6 is 11.8 Å². The molecule has 0 unspecified atom stereocenters. The number of hydrogen-bond donors (Lipinski definition) is 1. The van der Waals surface area contributed by atoms with E-state index in [0.29, 0.717) is 17.1 Å². The molecule has 1 heterocycles. The van der Waals surface area contributed by atoms with Crippen molar-refractivity contribution in [3.8, 4) is 0 Å². The van der Waals surface area contributed by atoms with Gasteiger partial charge in [0, 0.05) is 22.9 Å². The molecule has 0 saturated heterocycles. The maximum Gasteiger partial charge on any atom is 0.336 e. The number of carbonyl (C=O) groups is 1. The number of fused-ring (bicyclic) bond motifs is 1. The second-order valence-electron chi connectivity index (χ2n) is 5.68. The highest BCUT2D eigenvalue weighted by Gasteiger charge is 2.08. The maximum absolute atomic E-state index is 12.0. The number of para-hydroxylation sites is 1. The number of thioether (sulfide) groups is 1. The molecule has 0 fully saturated rings. The van der Waals surface area contributed by atoms with E-state index >= 15 is 0 Å². The zero-order chi connectivity index (χ0) is 17.6. The number of aryl methyl sites for hydroxylation is 1. The van der Waals surface area contributed by atoms with E-state index in [1.165, 1.54) is 17.8 Å². The number of amides is 1. The van der Waals surface area contributed by atoms with E-state index in [2.05, 4.69) is 12.2 Å². The number of hydrogen-bond acceptors (Lipinski definition) is 4. The average molecular weight is 353 g/mol. The molecule has 0 aliphatic heterocycles. The Bertz CT molecular complexity index is 935. The maximum atomic E-state index is 12.0. The third-order valence-corrected chi connectivity index (χ3v) is 4.83. The molecule has 0 aliphatic carbocycles. The van der Waals surface area contributed by atoms with Gasteiger partial charge in [-0.05, 0) is 35.7 Å². The zero-order valence-electron chi connectivity index (χ0n) is 14.0. The summed E-state index contributed by atoms with van der Waals surface area (Å²) in [5.74, 6) is 0.844. The number of benzene rings is 2. The molecule has 2 aromatic carbocycles. The van der Waals surface area contributed by atoms with E-state index in [1.54, 1.807) is 0 Å². The van der Waals surface area contributed by atoms with Gasteiger partial charge in [-0.3, -0.25) is 4.79 Å². The number of nitrogens with one attached hydrogen (secondary N) is 1. The van der Waals surface area contributed by atoms with Gasteiger partial charge in [-0.25, -0.2) is 4.79 Å². The van der Waals surface area contributed by atoms with Crippen LogP contribution in [0.5, 0.6) is 0 Å². The summed E-state index contributed by atoms with van der Waals surface area (Å²) in [7, 11) is 0. The minimum Gasteiger partial charge on any atom is -0.423 e. The first-order valence-electron chi connectivity index (χ1n) is 8.14. The molecule has 5 heteroatoms. The Labute approximate surface area is 150 Å². The van der Waals surface area contributed by atoms with Crippen molar-refractivity contribution in [1.82, 2.24) is 0 Å². The molecule has 128 valence electrons. The van der Waals surface area contributed by atoms with Crippen molar-refractivity contribution in [2.45, 2.75) is 19.1 Å². The van der Waals surface area contributed by atoms with Crippen LogP contribution in [0.1, 0.15) is 18.1 Å². The normalized spacial score (nSPS) is 10.8. The van der Waals surface area contributed by atoms with Gasteiger partial charge in [0.05, 0.1) is 5.75 Å². The van der Waals surface area contributed by atoms with E-state index in [0.717, 1.165) is 28.6 Å². The monoisotopic (exact) mass is 353 g/mol. The molecule has 0 aliphatic rings. The molecule has 0 saturated carbocycles. The van der Waals surface area contributed by atoms with Crippen LogP contribution in [0.25, 0.3) is 11.0 Å². The Morgan fingerprint density at radius 1 is 1.12 bits per heavy atom. The van der Waals surface area contributed by atoms with Crippen LogP contribution in [0.4, 0.5) is 5.69 Å². The number of rotatable bonds is 6. The van der Waals surface area contributed by atoms with Gasteiger partial charge in [-0.2, -0.15) is 0 Å². The van der Waals surface area contributed by atoms with Crippen molar-refractivity contribution in [3.63, 3.8) is 0 Å². The predicted octanol–water partition coefficient (Wildman–Crippen LogP) is 4.23. The molecule has 0 bridgehead atoms. The number of anilines is 1. The minimum atomic E-state index is -0.356. The Hall–Kier alpha value is -2.53. The molecule has 4 nitrogen and oxygen atoms in total. The SMILES string of the molecule is CCc1ccc2c(CSCC(=O)Nc3ccccc3)cc(=O)oc2c1. The standard InChI is InChI=1S/C20H19NO3S/c1-2-14-8-9-17-15(11-20(23)24-18(17)10-14)12-25-13-19(22)21-16-6-4-3-5-7-16/h3-11H,2,12-13H2,1H3,(H,21,22). The van der Waals surface area contributed by atoms with Gasteiger partial charge in [-0.1, -0.05) is 37.3 Å². The van der Waals surface area contributed by atoms with Crippen molar-refractivity contribution in [2.75, 3.05) is 11.1 Å². The Morgan fingerprint density at radius 2 is 1.92 bits per heavy atom. The van der Waals surface area contributed by atoms with E-state index in [4.69, 9.17) is 4.42 Å². The summed E-state index contributed by atoms with van der Waals surface area (Å²) in [6.45, 7) is 2.06. The van der Waals surface area contributed by atoms with Crippen LogP contribution in [-0.4, -0.2) is 11.7 Å². The molecule has 1 amide bonds. The highest BCUT2D eigenvalue weighted by molar-refractivity contribution is 7.99. The van der Waals surface area contributed by atoms with Crippen molar-refractivity contribution < 1.29 is 9.21 Å². The van der Waals surface area contributed by atoms with Crippen molar-refractivity contribution >= 4 is 34.3 Å². The van der Waals surface area contributed by atoms with Gasteiger partial charge in [0.1, 0.15) is 5.58 Å². The first-order chi connectivity index (χ1) is 12.2. The number of carbonyl (C=O) groups excluding carboxylic acids is 1. The van der Waals surface area contributed by atoms with Gasteiger partial charge in [0.15, 0.2) is 0 Å². The van der Waals surface area contributed by atoms with E-state index in [9.17, 15) is 9.59 Å². The molecule has 0 radical (unpaired) electrons. The summed E-state index contributed by atoms with van der Waals surface area (Å²) >= 11 is 1.47. The predicted molar refractivity (Wildman–Crippen MR) is 103 cm³/mol. The van der Waals surface area contributed by atoms with E-state index < -0.39 is 0 Å². The van der Waals surface area contributed by atoms with Gasteiger partial charge in [-0.15, -0.1) is 11.8 Å². The molecular formula is C20H19NO3S. The fourth-order valence-corrected chi connectivity index (χ4v) is 3.40. The molecule has 0 atom stereocenters. The highest BCUT2D eigenvalue weighted by atomic mass is 32.2. The Morgan fingerprint density at radius 3 is 2.68 bits per heavy atom. The second kappa shape index (κ2) is 8.03. The summed E-state index contributed by atoms with van der Waals surface area (Å²) in [4.78, 5) is 23.8. The third kappa shape index (κ3) is 4.51. The lowest BCUT2D eigenvalue weighted by Gasteiger charge is -2.07. The molecule has 1 N–H and O–H groups in total. The quantitative estimate of drug-likeness (QED) is 0.674. The van der Waals surface area contributed by atoms with Gasteiger partial charge in [0.25, 0.3) is 0 Å². The summed E-state index contributed by atoms with van der Waals surface area (Å²) in [6.07, 6.45) is 0.887. The molecule has 3 rings (SSSR count). The minimum absolute atomic E-state index is 0.0586. The van der Waals surface area contributed by atoms with Crippen LogP contribution in [0.2, 0.25) is 0 Å². The molecule has 0 spiro atoms. The lowest BCUT2D eigenvalue weighted by atomic mass is 10.1. The fraction of sp³-hybridized carbons (Fsp3) is 0.200. The Balaban J connectivity index is 1.67. The first-order valence-corrected chi connectivity index (χ1v) is 9.29. The van der Waals surface area contributed by atoms with Gasteiger partial charge < -0.3 is 9.73 Å². The van der Waals surface area contributed by atoms with Crippen LogP contribution in [0, 0.1) is 0 Å².